The number of aliphatic hydroxyl groups is 1. The lowest BCUT2D eigenvalue weighted by Gasteiger charge is -2.64. The maximum absolute atomic E-state index is 10.9. The molecule has 5 aliphatic carbocycles. The van der Waals surface area contributed by atoms with Crippen LogP contribution in [0.4, 0.5) is 0 Å². The van der Waals surface area contributed by atoms with Crippen LogP contribution in [0.15, 0.2) is 11.6 Å². The Morgan fingerprint density at radius 2 is 1.45 bits per heavy atom. The highest BCUT2D eigenvalue weighted by Crippen LogP contribution is 2.70. The molecule has 4 fully saturated rings. The molecule has 0 bridgehead atoms. The first-order chi connectivity index (χ1) is 15.3. The zero-order chi connectivity index (χ0) is 24.0. The van der Waals surface area contributed by atoms with Gasteiger partial charge >= 0.3 is 0 Å². The van der Waals surface area contributed by atoms with E-state index in [9.17, 15) is 5.11 Å². The molecule has 0 aromatic carbocycles. The van der Waals surface area contributed by atoms with Gasteiger partial charge in [0.05, 0.1) is 12.2 Å². The van der Waals surface area contributed by atoms with Gasteiger partial charge in [0.25, 0.3) is 0 Å². The molecule has 0 saturated heterocycles. The minimum Gasteiger partial charge on any atom is -0.393 e. The second-order valence-corrected chi connectivity index (χ2v) is 15.1. The number of hydrogen-bond donors (Lipinski definition) is 1. The summed E-state index contributed by atoms with van der Waals surface area (Å²) < 4.78 is 6.03. The van der Waals surface area contributed by atoms with Crippen molar-refractivity contribution in [3.63, 3.8) is 0 Å². The van der Waals surface area contributed by atoms with Crippen molar-refractivity contribution < 1.29 is 9.84 Å². The monoisotopic (exact) mass is 456 g/mol. The number of hydrogen-bond acceptors (Lipinski definition) is 2. The number of aliphatic hydroxyl groups excluding tert-OH is 1. The molecule has 5 rings (SSSR count). The molecule has 0 heterocycles. The molecule has 0 spiro atoms. The number of allylic oxidation sites excluding steroid dienone is 2. The van der Waals surface area contributed by atoms with Crippen molar-refractivity contribution in [2.24, 2.45) is 50.7 Å². The third kappa shape index (κ3) is 3.24. The van der Waals surface area contributed by atoms with Crippen LogP contribution < -0.4 is 0 Å². The van der Waals surface area contributed by atoms with Crippen LogP contribution in [0.1, 0.15) is 113 Å². The molecular formula is C31H52O2. The molecule has 1 N–H and O–H groups in total. The Labute approximate surface area is 204 Å². The SMILES string of the molecule is CO[C@@H]1CC[C@]2(C)C3CCC4C(=CCC5C(C)(C)[C@H](O)CC[C@]45C)C[C@]3(C)CC[C@H]2C1(C)C. The van der Waals surface area contributed by atoms with Gasteiger partial charge in [-0.25, -0.2) is 0 Å². The summed E-state index contributed by atoms with van der Waals surface area (Å²) in [7, 11) is 1.94. The van der Waals surface area contributed by atoms with Gasteiger partial charge in [-0.05, 0) is 115 Å². The number of ether oxygens (including phenoxy) is 1. The quantitative estimate of drug-likeness (QED) is 0.408. The van der Waals surface area contributed by atoms with Gasteiger partial charge in [-0.15, -0.1) is 0 Å². The van der Waals surface area contributed by atoms with Crippen LogP contribution >= 0.6 is 0 Å². The molecule has 2 heteroatoms. The normalized spacial score (nSPS) is 52.9. The Morgan fingerprint density at radius 1 is 0.758 bits per heavy atom. The summed E-state index contributed by atoms with van der Waals surface area (Å²) in [5.74, 6) is 2.91. The molecule has 0 aliphatic heterocycles. The van der Waals surface area contributed by atoms with E-state index >= 15 is 0 Å². The first-order valence-electron chi connectivity index (χ1n) is 14.2. The predicted octanol–water partition coefficient (Wildman–Crippen LogP) is 7.79. The molecule has 5 aliphatic rings. The van der Waals surface area contributed by atoms with Crippen LogP contribution in [-0.2, 0) is 4.74 Å². The van der Waals surface area contributed by atoms with E-state index in [1.54, 1.807) is 5.57 Å². The molecule has 0 radical (unpaired) electrons. The van der Waals surface area contributed by atoms with E-state index in [4.69, 9.17) is 4.74 Å². The van der Waals surface area contributed by atoms with Crippen LogP contribution in [0.5, 0.6) is 0 Å². The zero-order valence-electron chi connectivity index (χ0n) is 23.0. The Balaban J connectivity index is 1.49. The van der Waals surface area contributed by atoms with Crippen molar-refractivity contribution in [1.82, 2.24) is 0 Å². The minimum atomic E-state index is -0.144. The van der Waals surface area contributed by atoms with Gasteiger partial charge in [0.2, 0.25) is 0 Å². The summed E-state index contributed by atoms with van der Waals surface area (Å²) in [6.45, 7) is 17.7. The first-order valence-corrected chi connectivity index (χ1v) is 14.2. The number of fused-ring (bicyclic) bond motifs is 6. The smallest absolute Gasteiger partial charge is 0.0625 e. The fourth-order valence-corrected chi connectivity index (χ4v) is 11.3. The lowest BCUT2D eigenvalue weighted by molar-refractivity contribution is -0.178. The van der Waals surface area contributed by atoms with Gasteiger partial charge in [0.15, 0.2) is 0 Å². The maximum atomic E-state index is 10.9. The van der Waals surface area contributed by atoms with Gasteiger partial charge in [-0.2, -0.15) is 0 Å². The summed E-state index contributed by atoms with van der Waals surface area (Å²) in [6.07, 6.45) is 15.7. The van der Waals surface area contributed by atoms with E-state index in [1.807, 2.05) is 7.11 Å². The minimum absolute atomic E-state index is 0.0254. The van der Waals surface area contributed by atoms with Crippen LogP contribution in [-0.4, -0.2) is 24.4 Å². The Hall–Kier alpha value is -0.340. The van der Waals surface area contributed by atoms with Crippen molar-refractivity contribution in [3.05, 3.63) is 11.6 Å². The fourth-order valence-electron chi connectivity index (χ4n) is 11.3. The summed E-state index contributed by atoms with van der Waals surface area (Å²) >= 11 is 0. The van der Waals surface area contributed by atoms with Crippen molar-refractivity contribution in [3.8, 4) is 0 Å². The fraction of sp³-hybridized carbons (Fsp3) is 0.935. The molecule has 2 nitrogen and oxygen atoms in total. The maximum Gasteiger partial charge on any atom is 0.0625 e. The summed E-state index contributed by atoms with van der Waals surface area (Å²) in [5, 5.41) is 10.9. The number of methoxy groups -OCH3 is 1. The molecule has 0 amide bonds. The molecule has 9 atom stereocenters. The van der Waals surface area contributed by atoms with Gasteiger partial charge in [-0.1, -0.05) is 60.1 Å². The lowest BCUT2D eigenvalue weighted by Crippen LogP contribution is -2.58. The standard InChI is InChI=1S/C31H52O2/c1-27(2)22-11-9-20-19-29(5)16-13-23-28(3,4)26(33-8)15-18-31(23,7)24(29)12-10-21(20)30(22,6)17-14-25(27)32/h9,21-26,32H,10-19H2,1-8H3/t21?,22?,23-,24?,25+,26+,29-,30+,31-/m0/s1. The lowest BCUT2D eigenvalue weighted by atomic mass is 9.42. The van der Waals surface area contributed by atoms with Gasteiger partial charge in [0, 0.05) is 7.11 Å². The van der Waals surface area contributed by atoms with E-state index in [2.05, 4.69) is 54.5 Å². The topological polar surface area (TPSA) is 29.5 Å². The largest absolute Gasteiger partial charge is 0.393 e. The van der Waals surface area contributed by atoms with Gasteiger partial charge < -0.3 is 9.84 Å². The zero-order valence-corrected chi connectivity index (χ0v) is 23.0. The van der Waals surface area contributed by atoms with Crippen molar-refractivity contribution >= 4 is 0 Å². The molecular weight excluding hydrogens is 404 g/mol. The van der Waals surface area contributed by atoms with E-state index < -0.39 is 0 Å². The highest BCUT2D eigenvalue weighted by atomic mass is 16.5. The first kappa shape index (κ1) is 24.4. The summed E-state index contributed by atoms with van der Waals surface area (Å²) in [5.41, 5.74) is 3.32. The van der Waals surface area contributed by atoms with E-state index in [0.29, 0.717) is 28.3 Å². The Bertz CT molecular complexity index is 810. The second kappa shape index (κ2) is 7.58. The van der Waals surface area contributed by atoms with E-state index in [0.717, 1.165) is 24.2 Å². The molecule has 4 saturated carbocycles. The summed E-state index contributed by atoms with van der Waals surface area (Å²) in [6, 6.07) is 0. The van der Waals surface area contributed by atoms with Crippen LogP contribution in [0.3, 0.4) is 0 Å². The molecule has 188 valence electrons. The van der Waals surface area contributed by atoms with Gasteiger partial charge in [-0.3, -0.25) is 0 Å². The summed E-state index contributed by atoms with van der Waals surface area (Å²) in [4.78, 5) is 0. The van der Waals surface area contributed by atoms with Crippen LogP contribution in [0.25, 0.3) is 0 Å². The van der Waals surface area contributed by atoms with Crippen LogP contribution in [0, 0.1) is 50.7 Å². The average Bonchev–Trinajstić information content (AvgIpc) is 2.88. The van der Waals surface area contributed by atoms with E-state index in [1.165, 1.54) is 57.8 Å². The highest BCUT2D eigenvalue weighted by molar-refractivity contribution is 5.25. The third-order valence-corrected chi connectivity index (χ3v) is 13.1. The predicted molar refractivity (Wildman–Crippen MR) is 137 cm³/mol. The third-order valence-electron chi connectivity index (χ3n) is 13.1. The Morgan fingerprint density at radius 3 is 2.15 bits per heavy atom. The van der Waals surface area contributed by atoms with Crippen LogP contribution in [0.2, 0.25) is 0 Å². The molecule has 33 heavy (non-hydrogen) atoms. The van der Waals surface area contributed by atoms with Crippen molar-refractivity contribution in [2.45, 2.75) is 125 Å². The Kier molecular flexibility index (Phi) is 5.60. The second-order valence-electron chi connectivity index (χ2n) is 15.1. The average molecular weight is 457 g/mol. The molecule has 0 aromatic heterocycles. The van der Waals surface area contributed by atoms with Gasteiger partial charge in [0.1, 0.15) is 0 Å². The molecule has 0 aromatic rings. The number of rotatable bonds is 1. The van der Waals surface area contributed by atoms with Crippen molar-refractivity contribution in [2.75, 3.05) is 7.11 Å². The molecule has 3 unspecified atom stereocenters. The van der Waals surface area contributed by atoms with Crippen molar-refractivity contribution in [1.29, 1.82) is 0 Å². The highest BCUT2D eigenvalue weighted by Gasteiger charge is 2.63. The van der Waals surface area contributed by atoms with E-state index in [-0.39, 0.29) is 16.9 Å².